The van der Waals surface area contributed by atoms with Crippen LogP contribution >= 0.6 is 23.4 Å². The van der Waals surface area contributed by atoms with E-state index in [2.05, 4.69) is 25.7 Å². The smallest absolute Gasteiger partial charge is 0.240 e. The normalized spacial score (nSPS) is 10.6. The lowest BCUT2D eigenvalue weighted by Gasteiger charge is -1.98. The summed E-state index contributed by atoms with van der Waals surface area (Å²) in [5.74, 6) is 0.683. The van der Waals surface area contributed by atoms with Crippen molar-refractivity contribution in [2.45, 2.75) is 5.16 Å². The van der Waals surface area contributed by atoms with Crippen molar-refractivity contribution in [1.29, 1.82) is 5.26 Å². The van der Waals surface area contributed by atoms with E-state index in [1.165, 1.54) is 24.0 Å². The van der Waals surface area contributed by atoms with Gasteiger partial charge in [-0.2, -0.15) is 15.3 Å². The molecule has 20 heavy (non-hydrogen) atoms. The standard InChI is InChI=1S/C11H9ClN6OS/c12-8-1-2-9(19)7(5-8)6-14-16-10-15-11(18-17-10)20-4-3-13/h1-2,5-6,19H,4H2,(H2,15,16,17,18)/b14-6-. The largest absolute Gasteiger partial charge is 0.507 e. The lowest BCUT2D eigenvalue weighted by Crippen LogP contribution is -1.93. The number of benzene rings is 1. The van der Waals surface area contributed by atoms with Crippen molar-refractivity contribution in [2.75, 3.05) is 11.2 Å². The Morgan fingerprint density at radius 3 is 3.25 bits per heavy atom. The van der Waals surface area contributed by atoms with Crippen LogP contribution in [0.1, 0.15) is 5.56 Å². The van der Waals surface area contributed by atoms with Crippen molar-refractivity contribution >= 4 is 35.5 Å². The Hall–Kier alpha value is -2.24. The Labute approximate surface area is 123 Å². The summed E-state index contributed by atoms with van der Waals surface area (Å²) in [5.41, 5.74) is 3.10. The number of anilines is 1. The minimum atomic E-state index is 0.0720. The van der Waals surface area contributed by atoms with E-state index in [1.807, 2.05) is 6.07 Å². The lowest BCUT2D eigenvalue weighted by atomic mass is 10.2. The predicted molar refractivity (Wildman–Crippen MR) is 77.1 cm³/mol. The summed E-state index contributed by atoms with van der Waals surface area (Å²) in [4.78, 5) is 4.05. The van der Waals surface area contributed by atoms with Gasteiger partial charge in [-0.1, -0.05) is 23.4 Å². The van der Waals surface area contributed by atoms with Crippen LogP contribution in [0.25, 0.3) is 0 Å². The van der Waals surface area contributed by atoms with Gasteiger partial charge in [0.05, 0.1) is 18.0 Å². The van der Waals surface area contributed by atoms with Gasteiger partial charge in [0.25, 0.3) is 0 Å². The predicted octanol–water partition coefficient (Wildman–Crippen LogP) is 2.23. The number of halogens is 1. The van der Waals surface area contributed by atoms with E-state index in [9.17, 15) is 5.11 Å². The average Bonchev–Trinajstić information content (AvgIpc) is 2.88. The summed E-state index contributed by atoms with van der Waals surface area (Å²) in [7, 11) is 0. The number of phenols is 1. The third kappa shape index (κ3) is 3.88. The number of phenolic OH excluding ortho intramolecular Hbond substituents is 1. The molecule has 0 fully saturated rings. The molecule has 7 nitrogen and oxygen atoms in total. The molecule has 102 valence electrons. The molecular formula is C11H9ClN6OS. The molecule has 0 aliphatic heterocycles. The molecule has 0 saturated heterocycles. The number of nitriles is 1. The van der Waals surface area contributed by atoms with Gasteiger partial charge in [-0.25, -0.2) is 10.5 Å². The first kappa shape index (κ1) is 14.2. The van der Waals surface area contributed by atoms with Crippen molar-refractivity contribution in [1.82, 2.24) is 15.2 Å². The molecule has 2 rings (SSSR count). The molecule has 1 aromatic heterocycles. The molecule has 0 amide bonds. The zero-order valence-corrected chi connectivity index (χ0v) is 11.6. The SMILES string of the molecule is N#CCSc1n[nH]c(N/N=C\c2cc(Cl)ccc2O)n1. The summed E-state index contributed by atoms with van der Waals surface area (Å²) in [6.07, 6.45) is 1.41. The fourth-order valence-corrected chi connectivity index (χ4v) is 1.89. The van der Waals surface area contributed by atoms with Crippen molar-refractivity contribution in [3.05, 3.63) is 28.8 Å². The van der Waals surface area contributed by atoms with Gasteiger partial charge in [-0.05, 0) is 18.2 Å². The van der Waals surface area contributed by atoms with Crippen LogP contribution < -0.4 is 5.43 Å². The van der Waals surface area contributed by atoms with E-state index >= 15 is 0 Å². The quantitative estimate of drug-likeness (QED) is 0.444. The molecule has 0 spiro atoms. The molecule has 0 unspecified atom stereocenters. The monoisotopic (exact) mass is 308 g/mol. The first-order valence-corrected chi connectivity index (χ1v) is 6.75. The Morgan fingerprint density at radius 2 is 2.45 bits per heavy atom. The van der Waals surface area contributed by atoms with Gasteiger partial charge < -0.3 is 5.11 Å². The lowest BCUT2D eigenvalue weighted by molar-refractivity contribution is 0.474. The van der Waals surface area contributed by atoms with Gasteiger partial charge in [0.1, 0.15) is 5.75 Å². The highest BCUT2D eigenvalue weighted by atomic mass is 35.5. The number of aromatic hydroxyl groups is 1. The second-order valence-corrected chi connectivity index (χ2v) is 4.87. The van der Waals surface area contributed by atoms with Gasteiger partial charge in [-0.3, -0.25) is 0 Å². The van der Waals surface area contributed by atoms with Gasteiger partial charge >= 0.3 is 0 Å². The topological polar surface area (TPSA) is 110 Å². The van der Waals surface area contributed by atoms with Gasteiger partial charge in [0.2, 0.25) is 11.1 Å². The summed E-state index contributed by atoms with van der Waals surface area (Å²) < 4.78 is 0. The van der Waals surface area contributed by atoms with Crippen molar-refractivity contribution in [2.24, 2.45) is 5.10 Å². The zero-order valence-electron chi connectivity index (χ0n) is 10.0. The Kier molecular flexibility index (Phi) is 4.81. The van der Waals surface area contributed by atoms with E-state index in [4.69, 9.17) is 16.9 Å². The fourth-order valence-electron chi connectivity index (χ4n) is 1.25. The van der Waals surface area contributed by atoms with E-state index in [1.54, 1.807) is 12.1 Å². The van der Waals surface area contributed by atoms with Gasteiger partial charge in [0.15, 0.2) is 0 Å². The highest BCUT2D eigenvalue weighted by Crippen LogP contribution is 2.19. The molecule has 9 heteroatoms. The van der Waals surface area contributed by atoms with Crippen LogP contribution in [-0.2, 0) is 0 Å². The molecule has 0 aliphatic rings. The number of aromatic nitrogens is 3. The van der Waals surface area contributed by atoms with Crippen LogP contribution in [0.2, 0.25) is 5.02 Å². The third-order valence-corrected chi connectivity index (χ3v) is 3.04. The van der Waals surface area contributed by atoms with Crippen LogP contribution in [0.15, 0.2) is 28.5 Å². The van der Waals surface area contributed by atoms with Gasteiger partial charge in [0, 0.05) is 10.6 Å². The van der Waals surface area contributed by atoms with E-state index in [-0.39, 0.29) is 11.5 Å². The molecule has 1 heterocycles. The number of thioether (sulfide) groups is 1. The average molecular weight is 309 g/mol. The maximum atomic E-state index is 9.59. The number of rotatable bonds is 5. The van der Waals surface area contributed by atoms with E-state index in [0.717, 1.165) is 0 Å². The highest BCUT2D eigenvalue weighted by molar-refractivity contribution is 7.99. The second-order valence-electron chi connectivity index (χ2n) is 3.49. The Bertz CT molecular complexity index is 665. The number of nitrogens with one attached hydrogen (secondary N) is 2. The van der Waals surface area contributed by atoms with Crippen molar-refractivity contribution in [3.8, 4) is 11.8 Å². The number of nitrogens with zero attached hydrogens (tertiary/aromatic N) is 4. The molecular weight excluding hydrogens is 300 g/mol. The first-order chi connectivity index (χ1) is 9.69. The Balaban J connectivity index is 1.97. The molecule has 3 N–H and O–H groups in total. The number of aromatic amines is 1. The minimum absolute atomic E-state index is 0.0720. The number of hydrogen-bond donors (Lipinski definition) is 3. The molecule has 0 bridgehead atoms. The number of hydrazone groups is 1. The maximum absolute atomic E-state index is 9.59. The molecule has 0 saturated carbocycles. The van der Waals surface area contributed by atoms with Crippen LogP contribution in [0, 0.1) is 11.3 Å². The number of H-pyrrole nitrogens is 1. The Morgan fingerprint density at radius 1 is 1.60 bits per heavy atom. The molecule has 1 aromatic carbocycles. The van der Waals surface area contributed by atoms with Crippen LogP contribution in [0.3, 0.4) is 0 Å². The second kappa shape index (κ2) is 6.79. The highest BCUT2D eigenvalue weighted by Gasteiger charge is 2.02. The summed E-state index contributed by atoms with van der Waals surface area (Å²) in [6.45, 7) is 0. The summed E-state index contributed by atoms with van der Waals surface area (Å²) >= 11 is 7.03. The molecule has 0 radical (unpaired) electrons. The maximum Gasteiger partial charge on any atom is 0.240 e. The van der Waals surface area contributed by atoms with E-state index in [0.29, 0.717) is 21.7 Å². The fraction of sp³-hybridized carbons (Fsp3) is 0.0909. The number of hydrogen-bond acceptors (Lipinski definition) is 7. The zero-order chi connectivity index (χ0) is 14.4. The van der Waals surface area contributed by atoms with Gasteiger partial charge in [-0.15, -0.1) is 5.10 Å². The van der Waals surface area contributed by atoms with Crippen molar-refractivity contribution < 1.29 is 5.11 Å². The van der Waals surface area contributed by atoms with Crippen molar-refractivity contribution in [3.63, 3.8) is 0 Å². The van der Waals surface area contributed by atoms with E-state index < -0.39 is 0 Å². The third-order valence-electron chi connectivity index (χ3n) is 2.09. The van der Waals surface area contributed by atoms with Crippen LogP contribution in [0.4, 0.5) is 5.95 Å². The first-order valence-electron chi connectivity index (χ1n) is 5.39. The molecule has 0 atom stereocenters. The summed E-state index contributed by atoms with van der Waals surface area (Å²) in [6, 6.07) is 6.62. The molecule has 2 aromatic rings. The minimum Gasteiger partial charge on any atom is -0.507 e. The van der Waals surface area contributed by atoms with Crippen LogP contribution in [-0.4, -0.2) is 32.3 Å². The molecule has 0 aliphatic carbocycles. The summed E-state index contributed by atoms with van der Waals surface area (Å²) in [5, 5.41) is 29.4. The van der Waals surface area contributed by atoms with Crippen LogP contribution in [0.5, 0.6) is 5.75 Å².